The molecule has 8 rings (SSSR count). The van der Waals surface area contributed by atoms with Gasteiger partial charge in [-0.3, -0.25) is 0 Å². The third-order valence-electron chi connectivity index (χ3n) is 13.1. The second-order valence-corrected chi connectivity index (χ2v) is 18.1. The number of aliphatic hydroxyl groups is 1. The fourth-order valence-electron chi connectivity index (χ4n) is 9.59. The zero-order valence-electron chi connectivity index (χ0n) is 34.0. The lowest BCUT2D eigenvalue weighted by Gasteiger charge is -2.21. The molecule has 5 aliphatic rings. The normalized spacial score (nSPS) is 26.6. The predicted octanol–water partition coefficient (Wildman–Crippen LogP) is 12.5. The molecule has 3 aromatic carbocycles. The van der Waals surface area contributed by atoms with Crippen molar-refractivity contribution in [2.45, 2.75) is 127 Å². The zero-order chi connectivity index (χ0) is 40.7. The van der Waals surface area contributed by atoms with Gasteiger partial charge in [0.2, 0.25) is 0 Å². The lowest BCUT2D eigenvalue weighted by molar-refractivity contribution is 0.148. The van der Waals surface area contributed by atoms with Gasteiger partial charge in [0.1, 0.15) is 36.1 Å². The van der Waals surface area contributed by atoms with Gasteiger partial charge < -0.3 is 24.6 Å². The van der Waals surface area contributed by atoms with Gasteiger partial charge in [0.15, 0.2) is 0 Å². The number of benzene rings is 3. The highest BCUT2D eigenvalue weighted by Gasteiger charge is 2.34. The number of hydrogen-bond donors (Lipinski definition) is 2. The summed E-state index contributed by atoms with van der Waals surface area (Å²) in [5.74, 6) is 3.50. The summed E-state index contributed by atoms with van der Waals surface area (Å²) >= 11 is 14.1. The average Bonchev–Trinajstić information content (AvgIpc) is 3.70. The van der Waals surface area contributed by atoms with Crippen LogP contribution in [0.3, 0.4) is 0 Å². The monoisotopic (exact) mass is 838 g/mol. The Balaban J connectivity index is 0.942. The number of nitriles is 1. The van der Waals surface area contributed by atoms with Crippen molar-refractivity contribution >= 4 is 23.2 Å². The Bertz CT molecular complexity index is 2090. The maximum absolute atomic E-state index is 13.7. The SMILES string of the molecule is N#CC1=CC2CC2/C=C/C(COc2cc(O[C@H]3CCc4c(-c5cccc(OCCCCCC6CCCC(F)CC6)c5Cl)cccc43)c(Cl)cc2CN[C@H]2CCC[C@@H]2O)=C1. The zero-order valence-corrected chi connectivity index (χ0v) is 35.5. The van der Waals surface area contributed by atoms with E-state index in [1.807, 2.05) is 30.3 Å². The summed E-state index contributed by atoms with van der Waals surface area (Å²) in [5.41, 5.74) is 6.83. The molecule has 0 heterocycles. The number of ether oxygens (including phenoxy) is 3. The van der Waals surface area contributed by atoms with E-state index in [0.29, 0.717) is 63.8 Å². The highest BCUT2D eigenvalue weighted by molar-refractivity contribution is 6.35. The van der Waals surface area contributed by atoms with Crippen LogP contribution >= 0.6 is 23.2 Å². The van der Waals surface area contributed by atoms with Gasteiger partial charge in [-0.1, -0.05) is 104 Å². The van der Waals surface area contributed by atoms with Crippen LogP contribution in [-0.4, -0.2) is 36.6 Å². The first-order valence-electron chi connectivity index (χ1n) is 22.0. The van der Waals surface area contributed by atoms with Gasteiger partial charge in [-0.05, 0) is 122 Å². The molecular formula is C50H57Cl2FN2O4. The average molecular weight is 840 g/mol. The van der Waals surface area contributed by atoms with Crippen molar-refractivity contribution < 1.29 is 23.7 Å². The number of alkyl halides is 1. The van der Waals surface area contributed by atoms with Crippen LogP contribution < -0.4 is 19.5 Å². The summed E-state index contributed by atoms with van der Waals surface area (Å²) in [6.45, 7) is 1.39. The standard InChI is InChI=1S/C50H57Cl2FN2O4/c51-43-27-37(30-55-44-14-7-15-45(44)56)48(58-31-33-17-19-35-26-36(35)25-34(24-33)29-54)28-49(43)59-46-22-21-40-39(11-5-12-41(40)46)42-13-6-16-47(50(42)52)57-23-3-1-2-8-32-9-4-10-38(53)20-18-32/h5-6,11-13,16-17,19,24-25,27-28,32,35-36,38,44-46,55-56H,1-4,7-10,14-15,18,20-23,26,30-31H2/b19-17+,33-24?,34-25?/t32?,35?,36?,38?,44-,45-,46-/m0/s1. The fraction of sp³-hybridized carbons (Fsp3) is 0.500. The first-order chi connectivity index (χ1) is 28.8. The number of nitrogens with zero attached hydrogens (tertiary/aromatic N) is 1. The van der Waals surface area contributed by atoms with E-state index in [9.17, 15) is 14.8 Å². The Hall–Kier alpha value is -3.80. The Morgan fingerprint density at radius 2 is 1.73 bits per heavy atom. The van der Waals surface area contributed by atoms with E-state index in [4.69, 9.17) is 37.4 Å². The Morgan fingerprint density at radius 3 is 2.59 bits per heavy atom. The van der Waals surface area contributed by atoms with Crippen molar-refractivity contribution in [2.24, 2.45) is 17.8 Å². The van der Waals surface area contributed by atoms with Crippen LogP contribution in [0.2, 0.25) is 10.0 Å². The van der Waals surface area contributed by atoms with E-state index in [1.165, 1.54) is 18.4 Å². The van der Waals surface area contributed by atoms with E-state index < -0.39 is 6.17 Å². The number of aliphatic hydroxyl groups excluding tert-OH is 1. The van der Waals surface area contributed by atoms with Crippen LogP contribution in [0, 0.1) is 29.1 Å². The van der Waals surface area contributed by atoms with Crippen molar-refractivity contribution in [3.8, 4) is 34.4 Å². The molecule has 4 unspecified atom stereocenters. The number of allylic oxidation sites excluding steroid dienone is 4. The lowest BCUT2D eigenvalue weighted by atomic mass is 9.94. The van der Waals surface area contributed by atoms with Crippen LogP contribution in [0.1, 0.15) is 113 Å². The van der Waals surface area contributed by atoms with Crippen molar-refractivity contribution in [3.63, 3.8) is 0 Å². The molecule has 9 heteroatoms. The van der Waals surface area contributed by atoms with Gasteiger partial charge in [-0.15, -0.1) is 0 Å². The van der Waals surface area contributed by atoms with Crippen molar-refractivity contribution in [2.75, 3.05) is 13.2 Å². The second-order valence-electron chi connectivity index (χ2n) is 17.3. The Labute approximate surface area is 359 Å². The van der Waals surface area contributed by atoms with Gasteiger partial charge in [0.25, 0.3) is 0 Å². The number of fused-ring (bicyclic) bond motifs is 2. The van der Waals surface area contributed by atoms with E-state index in [2.05, 4.69) is 53.9 Å². The molecule has 5 aliphatic carbocycles. The van der Waals surface area contributed by atoms with Crippen molar-refractivity contribution in [1.82, 2.24) is 5.32 Å². The molecule has 0 saturated heterocycles. The van der Waals surface area contributed by atoms with Gasteiger partial charge >= 0.3 is 0 Å². The Kier molecular flexibility index (Phi) is 14.0. The van der Waals surface area contributed by atoms with Crippen LogP contribution in [0.25, 0.3) is 11.1 Å². The van der Waals surface area contributed by atoms with Crippen LogP contribution in [0.4, 0.5) is 4.39 Å². The van der Waals surface area contributed by atoms with E-state index >= 15 is 0 Å². The maximum atomic E-state index is 13.7. The largest absolute Gasteiger partial charge is 0.492 e. The highest BCUT2D eigenvalue weighted by atomic mass is 35.5. The molecule has 3 aromatic rings. The summed E-state index contributed by atoms with van der Waals surface area (Å²) in [4.78, 5) is 0. The summed E-state index contributed by atoms with van der Waals surface area (Å²) in [5, 5.41) is 24.9. The Morgan fingerprint density at radius 1 is 0.864 bits per heavy atom. The third-order valence-corrected chi connectivity index (χ3v) is 13.8. The first-order valence-corrected chi connectivity index (χ1v) is 22.8. The molecule has 6 nitrogen and oxygen atoms in total. The van der Waals surface area contributed by atoms with Crippen molar-refractivity contribution in [1.29, 1.82) is 5.26 Å². The minimum Gasteiger partial charge on any atom is -0.492 e. The lowest BCUT2D eigenvalue weighted by Crippen LogP contribution is -2.35. The predicted molar refractivity (Wildman–Crippen MR) is 234 cm³/mol. The molecule has 312 valence electrons. The summed E-state index contributed by atoms with van der Waals surface area (Å²) in [7, 11) is 0. The molecule has 0 radical (unpaired) electrons. The van der Waals surface area contributed by atoms with Crippen molar-refractivity contribution in [3.05, 3.63) is 111 Å². The minimum absolute atomic E-state index is 0.0218. The summed E-state index contributed by atoms with van der Waals surface area (Å²) < 4.78 is 33.3. The molecule has 59 heavy (non-hydrogen) atoms. The van der Waals surface area contributed by atoms with Gasteiger partial charge in [0, 0.05) is 35.4 Å². The second kappa shape index (κ2) is 19.7. The smallest absolute Gasteiger partial charge is 0.142 e. The van der Waals surface area contributed by atoms with Crippen LogP contribution in [0.15, 0.2) is 84.0 Å². The minimum atomic E-state index is -0.601. The molecule has 3 saturated carbocycles. The summed E-state index contributed by atoms with van der Waals surface area (Å²) in [6, 6.07) is 18.5. The molecule has 0 aromatic heterocycles. The number of nitrogens with one attached hydrogen (secondary N) is 1. The number of halogens is 3. The maximum Gasteiger partial charge on any atom is 0.142 e. The number of hydrogen-bond acceptors (Lipinski definition) is 6. The fourth-order valence-corrected chi connectivity index (χ4v) is 10.1. The van der Waals surface area contributed by atoms with Crippen LogP contribution in [-0.2, 0) is 13.0 Å². The molecule has 2 N–H and O–H groups in total. The molecule has 3 fully saturated rings. The molecule has 0 spiro atoms. The highest BCUT2D eigenvalue weighted by Crippen LogP contribution is 2.46. The van der Waals surface area contributed by atoms with E-state index in [1.54, 1.807) is 0 Å². The number of rotatable bonds is 16. The van der Waals surface area contributed by atoms with E-state index in [0.717, 1.165) is 111 Å². The summed E-state index contributed by atoms with van der Waals surface area (Å²) in [6.07, 6.45) is 21.6. The van der Waals surface area contributed by atoms with Crippen LogP contribution in [0.5, 0.6) is 17.2 Å². The van der Waals surface area contributed by atoms with E-state index in [-0.39, 0.29) is 24.9 Å². The first kappa shape index (κ1) is 41.9. The molecular weight excluding hydrogens is 782 g/mol. The third kappa shape index (κ3) is 10.6. The van der Waals surface area contributed by atoms with Gasteiger partial charge in [-0.2, -0.15) is 5.26 Å². The van der Waals surface area contributed by atoms with Gasteiger partial charge in [0.05, 0.1) is 28.8 Å². The molecule has 0 bridgehead atoms. The number of unbranched alkanes of at least 4 members (excludes halogenated alkanes) is 2. The van der Waals surface area contributed by atoms with Gasteiger partial charge in [-0.25, -0.2) is 4.39 Å². The topological polar surface area (TPSA) is 83.7 Å². The molecule has 0 amide bonds. The molecule has 7 atom stereocenters. The quantitative estimate of drug-likeness (QED) is 0.110. The molecule has 0 aliphatic heterocycles.